The second kappa shape index (κ2) is 6.78. The van der Waals surface area contributed by atoms with Gasteiger partial charge in [0.25, 0.3) is 0 Å². The van der Waals surface area contributed by atoms with Gasteiger partial charge in [0.15, 0.2) is 0 Å². The van der Waals surface area contributed by atoms with Gasteiger partial charge in [0.2, 0.25) is 0 Å². The first-order chi connectivity index (χ1) is 8.80. The van der Waals surface area contributed by atoms with Crippen molar-refractivity contribution >= 4 is 12.1 Å². The molecule has 19 heavy (non-hydrogen) atoms. The number of methoxy groups -OCH3 is 1. The molecule has 0 spiro atoms. The van der Waals surface area contributed by atoms with Crippen molar-refractivity contribution in [3.63, 3.8) is 0 Å². The van der Waals surface area contributed by atoms with Gasteiger partial charge in [-0.05, 0) is 46.0 Å². The van der Waals surface area contributed by atoms with Crippen molar-refractivity contribution in [1.29, 1.82) is 0 Å². The first-order valence-corrected chi connectivity index (χ1v) is 6.86. The van der Waals surface area contributed by atoms with Crippen molar-refractivity contribution in [3.8, 4) is 0 Å². The van der Waals surface area contributed by atoms with Gasteiger partial charge in [-0.15, -0.1) is 0 Å². The quantitative estimate of drug-likeness (QED) is 0.801. The molecular weight excluding hydrogens is 246 g/mol. The standard InChI is InChI=1S/C14H25NO4/c1-14(2,3)19-13(17)15-11-7-5-6-10(8-11)9-12(16)18-4/h10-11H,5-9H2,1-4H3,(H,15,17)/t10-,11-/m0/s1. The fourth-order valence-electron chi connectivity index (χ4n) is 2.40. The minimum absolute atomic E-state index is 0.0956. The van der Waals surface area contributed by atoms with Gasteiger partial charge >= 0.3 is 12.1 Å². The number of carbonyl (C=O) groups excluding carboxylic acids is 2. The number of carbonyl (C=O) groups is 2. The molecule has 0 radical (unpaired) electrons. The molecule has 0 bridgehead atoms. The van der Waals surface area contributed by atoms with Gasteiger partial charge in [-0.1, -0.05) is 6.42 Å². The van der Waals surface area contributed by atoms with Crippen LogP contribution in [0.25, 0.3) is 0 Å². The Morgan fingerprint density at radius 2 is 1.95 bits per heavy atom. The zero-order valence-electron chi connectivity index (χ0n) is 12.3. The summed E-state index contributed by atoms with van der Waals surface area (Å²) in [4.78, 5) is 22.9. The Morgan fingerprint density at radius 3 is 2.53 bits per heavy atom. The summed E-state index contributed by atoms with van der Waals surface area (Å²) in [7, 11) is 1.40. The maximum Gasteiger partial charge on any atom is 0.407 e. The van der Waals surface area contributed by atoms with E-state index in [2.05, 4.69) is 10.1 Å². The lowest BCUT2D eigenvalue weighted by atomic mass is 9.84. The van der Waals surface area contributed by atoms with Crippen LogP contribution in [0.2, 0.25) is 0 Å². The van der Waals surface area contributed by atoms with Gasteiger partial charge < -0.3 is 14.8 Å². The summed E-state index contributed by atoms with van der Waals surface area (Å²) in [6, 6.07) is 0.0956. The fourth-order valence-corrected chi connectivity index (χ4v) is 2.40. The number of amides is 1. The van der Waals surface area contributed by atoms with Gasteiger partial charge in [-0.3, -0.25) is 4.79 Å². The molecule has 1 amide bonds. The molecule has 110 valence electrons. The minimum atomic E-state index is -0.482. The van der Waals surface area contributed by atoms with E-state index in [0.29, 0.717) is 12.3 Å². The summed E-state index contributed by atoms with van der Waals surface area (Å²) in [6.45, 7) is 5.52. The number of rotatable bonds is 3. The van der Waals surface area contributed by atoms with E-state index in [-0.39, 0.29) is 18.1 Å². The molecule has 5 nitrogen and oxygen atoms in total. The zero-order valence-corrected chi connectivity index (χ0v) is 12.3. The number of hydrogen-bond donors (Lipinski definition) is 1. The molecule has 1 aliphatic rings. The number of alkyl carbamates (subject to hydrolysis) is 1. The van der Waals surface area contributed by atoms with Gasteiger partial charge in [-0.25, -0.2) is 4.79 Å². The molecule has 1 fully saturated rings. The number of hydrogen-bond acceptors (Lipinski definition) is 4. The van der Waals surface area contributed by atoms with Crippen LogP contribution in [0.5, 0.6) is 0 Å². The Hall–Kier alpha value is -1.26. The SMILES string of the molecule is COC(=O)C[C@H]1CCC[C@H](NC(=O)OC(C)(C)C)C1. The van der Waals surface area contributed by atoms with Crippen LogP contribution < -0.4 is 5.32 Å². The summed E-state index contributed by atoms with van der Waals surface area (Å²) >= 11 is 0. The van der Waals surface area contributed by atoms with Crippen LogP contribution in [0.4, 0.5) is 4.79 Å². The molecule has 5 heteroatoms. The van der Waals surface area contributed by atoms with Crippen LogP contribution >= 0.6 is 0 Å². The van der Waals surface area contributed by atoms with Crippen molar-refractivity contribution < 1.29 is 19.1 Å². The molecule has 0 aromatic carbocycles. The first-order valence-electron chi connectivity index (χ1n) is 6.86. The molecule has 2 atom stereocenters. The lowest BCUT2D eigenvalue weighted by Gasteiger charge is -2.30. The predicted molar refractivity (Wildman–Crippen MR) is 71.7 cm³/mol. The van der Waals surface area contributed by atoms with Gasteiger partial charge in [-0.2, -0.15) is 0 Å². The third-order valence-electron chi connectivity index (χ3n) is 3.19. The van der Waals surface area contributed by atoms with E-state index in [1.54, 1.807) is 0 Å². The van der Waals surface area contributed by atoms with Crippen molar-refractivity contribution in [2.24, 2.45) is 5.92 Å². The van der Waals surface area contributed by atoms with Gasteiger partial charge in [0.05, 0.1) is 7.11 Å². The van der Waals surface area contributed by atoms with Crippen LogP contribution in [-0.4, -0.2) is 30.8 Å². The molecule has 1 N–H and O–H groups in total. The zero-order chi connectivity index (χ0) is 14.5. The van der Waals surface area contributed by atoms with E-state index in [1.165, 1.54) is 7.11 Å². The molecule has 0 aliphatic heterocycles. The van der Waals surface area contributed by atoms with Gasteiger partial charge in [0.1, 0.15) is 5.60 Å². The first kappa shape index (κ1) is 15.8. The highest BCUT2D eigenvalue weighted by Crippen LogP contribution is 2.27. The monoisotopic (exact) mass is 271 g/mol. The lowest BCUT2D eigenvalue weighted by Crippen LogP contribution is -2.41. The minimum Gasteiger partial charge on any atom is -0.469 e. The molecule has 0 heterocycles. The maximum absolute atomic E-state index is 11.7. The third-order valence-corrected chi connectivity index (χ3v) is 3.19. The molecule has 0 aromatic rings. The summed E-state index contributed by atoms with van der Waals surface area (Å²) in [5.74, 6) is 0.115. The summed E-state index contributed by atoms with van der Waals surface area (Å²) in [5, 5.41) is 2.88. The molecule has 0 aromatic heterocycles. The van der Waals surface area contributed by atoms with E-state index in [0.717, 1.165) is 25.7 Å². The molecular formula is C14H25NO4. The second-order valence-electron chi connectivity index (χ2n) is 6.16. The van der Waals surface area contributed by atoms with Crippen LogP contribution in [0.3, 0.4) is 0 Å². The Kier molecular flexibility index (Phi) is 5.63. The third kappa shape index (κ3) is 6.45. The van der Waals surface area contributed by atoms with Crippen LogP contribution in [0, 0.1) is 5.92 Å². The molecule has 1 saturated carbocycles. The summed E-state index contributed by atoms with van der Waals surface area (Å²) in [6.07, 6.45) is 3.84. The van der Waals surface area contributed by atoms with Gasteiger partial charge in [0, 0.05) is 12.5 Å². The Morgan fingerprint density at radius 1 is 1.26 bits per heavy atom. The van der Waals surface area contributed by atoms with Crippen molar-refractivity contribution in [2.75, 3.05) is 7.11 Å². The van der Waals surface area contributed by atoms with Crippen molar-refractivity contribution in [2.45, 2.75) is 64.5 Å². The summed E-state index contributed by atoms with van der Waals surface area (Å²) in [5.41, 5.74) is -0.482. The highest BCUT2D eigenvalue weighted by molar-refractivity contribution is 5.69. The lowest BCUT2D eigenvalue weighted by molar-refractivity contribution is -0.142. The molecule has 1 rings (SSSR count). The van der Waals surface area contributed by atoms with E-state index in [1.807, 2.05) is 20.8 Å². The normalized spacial score (nSPS) is 23.6. The topological polar surface area (TPSA) is 64.6 Å². The Bertz CT molecular complexity index is 322. The number of ether oxygens (including phenoxy) is 2. The predicted octanol–water partition coefficient (Wildman–Crippen LogP) is 2.63. The Balaban J connectivity index is 2.38. The highest BCUT2D eigenvalue weighted by Gasteiger charge is 2.26. The highest BCUT2D eigenvalue weighted by atomic mass is 16.6. The molecule has 1 aliphatic carbocycles. The molecule has 0 unspecified atom stereocenters. The van der Waals surface area contributed by atoms with E-state index >= 15 is 0 Å². The van der Waals surface area contributed by atoms with Crippen LogP contribution in [0.15, 0.2) is 0 Å². The van der Waals surface area contributed by atoms with E-state index < -0.39 is 5.60 Å². The van der Waals surface area contributed by atoms with Crippen molar-refractivity contribution in [1.82, 2.24) is 5.32 Å². The smallest absolute Gasteiger partial charge is 0.407 e. The fraction of sp³-hybridized carbons (Fsp3) is 0.857. The number of esters is 1. The van der Waals surface area contributed by atoms with E-state index in [9.17, 15) is 9.59 Å². The summed E-state index contributed by atoms with van der Waals surface area (Å²) < 4.78 is 9.92. The number of nitrogens with one attached hydrogen (secondary N) is 1. The molecule has 0 saturated heterocycles. The van der Waals surface area contributed by atoms with Crippen LogP contribution in [-0.2, 0) is 14.3 Å². The maximum atomic E-state index is 11.7. The Labute approximate surface area is 115 Å². The van der Waals surface area contributed by atoms with Crippen molar-refractivity contribution in [3.05, 3.63) is 0 Å². The van der Waals surface area contributed by atoms with Crippen LogP contribution in [0.1, 0.15) is 52.9 Å². The largest absolute Gasteiger partial charge is 0.469 e. The second-order valence-corrected chi connectivity index (χ2v) is 6.16. The van der Waals surface area contributed by atoms with E-state index in [4.69, 9.17) is 4.74 Å². The average molecular weight is 271 g/mol. The average Bonchev–Trinajstić information content (AvgIpc) is 2.26.